The monoisotopic (exact) mass is 327 g/mol. The molecule has 0 bridgehead atoms. The maximum Gasteiger partial charge on any atom is 0.113 e. The van der Waals surface area contributed by atoms with E-state index < -0.39 is 0 Å². The molecule has 0 saturated heterocycles. The minimum absolute atomic E-state index is 0.825. The Balaban J connectivity index is 1.78. The van der Waals surface area contributed by atoms with Gasteiger partial charge in [-0.2, -0.15) is 0 Å². The maximum absolute atomic E-state index is 4.46. The van der Waals surface area contributed by atoms with Crippen molar-refractivity contribution in [1.82, 2.24) is 14.5 Å². The molecule has 0 N–H and O–H groups in total. The lowest BCUT2D eigenvalue weighted by molar-refractivity contribution is 0.740. The molecule has 3 aromatic rings. The van der Waals surface area contributed by atoms with Crippen LogP contribution in [0.3, 0.4) is 0 Å². The third kappa shape index (κ3) is 3.14. The molecule has 0 radical (unpaired) electrons. The van der Waals surface area contributed by atoms with Crippen molar-refractivity contribution in [3.8, 4) is 0 Å². The Morgan fingerprint density at radius 2 is 1.65 bits per heavy atom. The first-order valence-corrected chi connectivity index (χ1v) is 7.24. The number of benzene rings is 1. The molecule has 0 saturated carbocycles. The molecule has 0 aliphatic rings. The van der Waals surface area contributed by atoms with Crippen molar-refractivity contribution in [2.24, 2.45) is 0 Å². The van der Waals surface area contributed by atoms with E-state index >= 15 is 0 Å². The number of halogens is 1. The predicted molar refractivity (Wildman–Crippen MR) is 82.5 cm³/mol. The molecular weight excluding hydrogens is 314 g/mol. The summed E-state index contributed by atoms with van der Waals surface area (Å²) >= 11 is 3.46. The fourth-order valence-corrected chi connectivity index (χ4v) is 2.39. The Labute approximate surface area is 126 Å². The molecule has 0 fully saturated rings. The highest BCUT2D eigenvalue weighted by molar-refractivity contribution is 9.10. The van der Waals surface area contributed by atoms with Crippen LogP contribution in [0.4, 0.5) is 0 Å². The van der Waals surface area contributed by atoms with Gasteiger partial charge >= 0.3 is 0 Å². The third-order valence-corrected chi connectivity index (χ3v) is 3.71. The molecule has 0 unspecified atom stereocenters. The quantitative estimate of drug-likeness (QED) is 0.731. The van der Waals surface area contributed by atoms with Gasteiger partial charge in [-0.05, 0) is 35.4 Å². The largest absolute Gasteiger partial charge is 0.330 e. The van der Waals surface area contributed by atoms with Gasteiger partial charge in [0.05, 0.1) is 0 Å². The fraction of sp³-hybridized carbons (Fsp3) is 0.125. The Morgan fingerprint density at radius 3 is 2.40 bits per heavy atom. The van der Waals surface area contributed by atoms with Crippen molar-refractivity contribution in [3.05, 3.63) is 82.6 Å². The summed E-state index contributed by atoms with van der Waals surface area (Å²) in [6, 6.07) is 12.4. The summed E-state index contributed by atoms with van der Waals surface area (Å²) < 4.78 is 3.29. The van der Waals surface area contributed by atoms with Gasteiger partial charge in [0.25, 0.3) is 0 Å². The average Bonchev–Trinajstić information content (AvgIpc) is 2.90. The molecular formula is C16H14BrN3. The molecule has 2 aromatic heterocycles. The summed E-state index contributed by atoms with van der Waals surface area (Å²) in [5.74, 6) is 1.07. The minimum Gasteiger partial charge on any atom is -0.330 e. The average molecular weight is 328 g/mol. The van der Waals surface area contributed by atoms with Crippen LogP contribution in [0.2, 0.25) is 0 Å². The molecule has 0 aliphatic heterocycles. The summed E-state index contributed by atoms with van der Waals surface area (Å²) in [4.78, 5) is 8.50. The molecule has 3 rings (SSSR count). The number of aromatic nitrogens is 3. The highest BCUT2D eigenvalue weighted by atomic mass is 79.9. The van der Waals surface area contributed by atoms with Crippen molar-refractivity contribution >= 4 is 15.9 Å². The van der Waals surface area contributed by atoms with Crippen LogP contribution in [0.5, 0.6) is 0 Å². The van der Waals surface area contributed by atoms with Gasteiger partial charge in [0.1, 0.15) is 5.82 Å². The molecule has 3 nitrogen and oxygen atoms in total. The van der Waals surface area contributed by atoms with E-state index in [4.69, 9.17) is 0 Å². The molecule has 2 heterocycles. The molecule has 4 heteroatoms. The van der Waals surface area contributed by atoms with Gasteiger partial charge in [0.15, 0.2) is 0 Å². The number of rotatable bonds is 4. The van der Waals surface area contributed by atoms with E-state index in [1.807, 2.05) is 36.9 Å². The topological polar surface area (TPSA) is 30.7 Å². The van der Waals surface area contributed by atoms with Crippen LogP contribution in [0.25, 0.3) is 0 Å². The standard InChI is InChI=1S/C16H14BrN3/c17-15-3-1-14(2-4-15)12-20-10-9-19-16(20)11-13-5-7-18-8-6-13/h1-10H,11-12H2. The molecule has 0 spiro atoms. The lowest BCUT2D eigenvalue weighted by atomic mass is 10.2. The van der Waals surface area contributed by atoms with Crippen LogP contribution in [-0.2, 0) is 13.0 Å². The van der Waals surface area contributed by atoms with Crippen molar-refractivity contribution in [2.75, 3.05) is 0 Å². The van der Waals surface area contributed by atoms with Crippen molar-refractivity contribution in [1.29, 1.82) is 0 Å². The Kier molecular flexibility index (Phi) is 3.92. The van der Waals surface area contributed by atoms with Gasteiger partial charge in [0, 0.05) is 42.2 Å². The van der Waals surface area contributed by atoms with E-state index in [-0.39, 0.29) is 0 Å². The van der Waals surface area contributed by atoms with E-state index in [1.165, 1.54) is 11.1 Å². The Hall–Kier alpha value is -1.94. The molecule has 1 aromatic carbocycles. The van der Waals surface area contributed by atoms with E-state index in [9.17, 15) is 0 Å². The smallest absolute Gasteiger partial charge is 0.113 e. The number of pyridine rings is 1. The number of hydrogen-bond acceptors (Lipinski definition) is 2. The SMILES string of the molecule is Brc1ccc(Cn2ccnc2Cc2ccncc2)cc1. The number of hydrogen-bond donors (Lipinski definition) is 0. The zero-order valence-electron chi connectivity index (χ0n) is 10.9. The fourth-order valence-electron chi connectivity index (χ4n) is 2.12. The van der Waals surface area contributed by atoms with Crippen LogP contribution in [0, 0.1) is 0 Å². The normalized spacial score (nSPS) is 10.7. The van der Waals surface area contributed by atoms with Crippen molar-refractivity contribution < 1.29 is 0 Å². The molecule has 100 valence electrons. The highest BCUT2D eigenvalue weighted by Gasteiger charge is 2.05. The van der Waals surface area contributed by atoms with Crippen LogP contribution in [-0.4, -0.2) is 14.5 Å². The zero-order valence-corrected chi connectivity index (χ0v) is 12.5. The minimum atomic E-state index is 0.825. The number of imidazole rings is 1. The van der Waals surface area contributed by atoms with E-state index in [1.54, 1.807) is 0 Å². The van der Waals surface area contributed by atoms with Gasteiger partial charge in [0.2, 0.25) is 0 Å². The molecule has 0 atom stereocenters. The highest BCUT2D eigenvalue weighted by Crippen LogP contribution is 2.13. The van der Waals surface area contributed by atoms with Gasteiger partial charge in [-0.25, -0.2) is 4.98 Å². The lowest BCUT2D eigenvalue weighted by Crippen LogP contribution is -2.05. The van der Waals surface area contributed by atoms with Gasteiger partial charge in [-0.15, -0.1) is 0 Å². The van der Waals surface area contributed by atoms with Crippen LogP contribution < -0.4 is 0 Å². The van der Waals surface area contributed by atoms with Gasteiger partial charge < -0.3 is 4.57 Å². The van der Waals surface area contributed by atoms with Gasteiger partial charge in [-0.3, -0.25) is 4.98 Å². The predicted octanol–water partition coefficient (Wildman–Crippen LogP) is 3.68. The van der Waals surface area contributed by atoms with E-state index in [0.29, 0.717) is 0 Å². The Bertz CT molecular complexity index is 674. The summed E-state index contributed by atoms with van der Waals surface area (Å²) in [5.41, 5.74) is 2.49. The van der Waals surface area contributed by atoms with Crippen molar-refractivity contribution in [3.63, 3.8) is 0 Å². The lowest BCUT2D eigenvalue weighted by Gasteiger charge is -2.08. The third-order valence-electron chi connectivity index (χ3n) is 3.18. The van der Waals surface area contributed by atoms with Crippen molar-refractivity contribution in [2.45, 2.75) is 13.0 Å². The van der Waals surface area contributed by atoms with Gasteiger partial charge in [-0.1, -0.05) is 28.1 Å². The Morgan fingerprint density at radius 1 is 0.900 bits per heavy atom. The maximum atomic E-state index is 4.46. The van der Waals surface area contributed by atoms with E-state index in [2.05, 4.69) is 54.7 Å². The molecule has 20 heavy (non-hydrogen) atoms. The number of nitrogens with zero attached hydrogens (tertiary/aromatic N) is 3. The van der Waals surface area contributed by atoms with E-state index in [0.717, 1.165) is 23.3 Å². The second-order valence-electron chi connectivity index (χ2n) is 4.63. The first-order valence-electron chi connectivity index (χ1n) is 6.44. The van der Waals surface area contributed by atoms with Crippen LogP contribution in [0.15, 0.2) is 65.7 Å². The molecule has 0 aliphatic carbocycles. The van der Waals surface area contributed by atoms with Crippen LogP contribution in [0.1, 0.15) is 17.0 Å². The summed E-state index contributed by atoms with van der Waals surface area (Å²) in [6.07, 6.45) is 8.34. The molecule has 0 amide bonds. The summed E-state index contributed by atoms with van der Waals surface area (Å²) in [5, 5.41) is 0. The second-order valence-corrected chi connectivity index (χ2v) is 5.55. The zero-order chi connectivity index (χ0) is 13.8. The second kappa shape index (κ2) is 6.01. The summed E-state index contributed by atoms with van der Waals surface area (Å²) in [6.45, 7) is 0.841. The first-order chi connectivity index (χ1) is 9.81. The summed E-state index contributed by atoms with van der Waals surface area (Å²) in [7, 11) is 0. The first kappa shape index (κ1) is 13.1. The van der Waals surface area contributed by atoms with Crippen LogP contribution >= 0.6 is 15.9 Å².